The zero-order valence-electron chi connectivity index (χ0n) is 19.3. The van der Waals surface area contributed by atoms with Crippen LogP contribution in [-0.4, -0.2) is 37.5 Å². The predicted molar refractivity (Wildman–Crippen MR) is 125 cm³/mol. The van der Waals surface area contributed by atoms with Gasteiger partial charge in [0.15, 0.2) is 0 Å². The van der Waals surface area contributed by atoms with E-state index in [4.69, 9.17) is 4.74 Å². The third kappa shape index (κ3) is 4.09. The Kier molecular flexibility index (Phi) is 5.95. The van der Waals surface area contributed by atoms with E-state index in [2.05, 4.69) is 25.3 Å². The van der Waals surface area contributed by atoms with E-state index < -0.39 is 0 Å². The molecular formula is C24H26N6O3. The summed E-state index contributed by atoms with van der Waals surface area (Å²) in [5.74, 6) is -0.268. The summed E-state index contributed by atoms with van der Waals surface area (Å²) in [5.41, 5.74) is 4.65. The Morgan fingerprint density at radius 1 is 1.21 bits per heavy atom. The summed E-state index contributed by atoms with van der Waals surface area (Å²) in [6, 6.07) is 7.43. The number of nitrogens with zero attached hydrogens (tertiary/aromatic N) is 4. The number of aryl methyl sites for hydroxylation is 2. The number of hydrogen-bond donors (Lipinski definition) is 2. The van der Waals surface area contributed by atoms with Crippen LogP contribution in [-0.2, 0) is 6.54 Å². The van der Waals surface area contributed by atoms with Crippen molar-refractivity contribution in [1.82, 2.24) is 29.8 Å². The Morgan fingerprint density at radius 3 is 2.73 bits per heavy atom. The van der Waals surface area contributed by atoms with Crippen molar-refractivity contribution in [2.45, 2.75) is 40.3 Å². The Morgan fingerprint density at radius 2 is 2.00 bits per heavy atom. The van der Waals surface area contributed by atoms with E-state index >= 15 is 0 Å². The number of amides is 1. The molecule has 9 nitrogen and oxygen atoms in total. The minimum absolute atomic E-state index is 0.130. The van der Waals surface area contributed by atoms with Crippen molar-refractivity contribution in [3.8, 4) is 6.01 Å². The monoisotopic (exact) mass is 446 g/mol. The van der Waals surface area contributed by atoms with Gasteiger partial charge in [-0.2, -0.15) is 4.98 Å². The summed E-state index contributed by atoms with van der Waals surface area (Å²) in [6.45, 7) is 7.69. The second kappa shape index (κ2) is 8.85. The van der Waals surface area contributed by atoms with E-state index in [1.807, 2.05) is 50.5 Å². The summed E-state index contributed by atoms with van der Waals surface area (Å²) >= 11 is 0. The number of methoxy groups -OCH3 is 1. The molecule has 4 heterocycles. The number of nitrogens with one attached hydrogen (secondary N) is 2. The molecule has 0 aromatic carbocycles. The second-order valence-electron chi connectivity index (χ2n) is 7.97. The first-order chi connectivity index (χ1) is 15.8. The highest BCUT2D eigenvalue weighted by atomic mass is 16.5. The van der Waals surface area contributed by atoms with E-state index in [-0.39, 0.29) is 30.1 Å². The molecule has 0 saturated heterocycles. The molecular weight excluding hydrogens is 420 g/mol. The van der Waals surface area contributed by atoms with Crippen LogP contribution in [0.15, 0.2) is 41.5 Å². The van der Waals surface area contributed by atoms with Gasteiger partial charge in [0.05, 0.1) is 24.4 Å². The lowest BCUT2D eigenvalue weighted by Gasteiger charge is -2.17. The molecule has 33 heavy (non-hydrogen) atoms. The van der Waals surface area contributed by atoms with Gasteiger partial charge in [0.25, 0.3) is 11.5 Å². The fraction of sp³-hybridized carbons (Fsp3) is 0.292. The van der Waals surface area contributed by atoms with Crippen LogP contribution < -0.4 is 15.6 Å². The van der Waals surface area contributed by atoms with Crippen LogP contribution in [0.2, 0.25) is 0 Å². The Labute approximate surface area is 190 Å². The number of pyridine rings is 2. The number of aromatic nitrogens is 5. The first-order valence-electron chi connectivity index (χ1n) is 10.6. The molecule has 1 amide bonds. The van der Waals surface area contributed by atoms with Crippen molar-refractivity contribution in [3.63, 3.8) is 0 Å². The van der Waals surface area contributed by atoms with E-state index in [1.54, 1.807) is 18.5 Å². The highest BCUT2D eigenvalue weighted by Gasteiger charge is 2.25. The highest BCUT2D eigenvalue weighted by molar-refractivity contribution is 6.07. The first kappa shape index (κ1) is 22.2. The largest absolute Gasteiger partial charge is 0.467 e. The number of fused-ring (bicyclic) bond motifs is 1. The summed E-state index contributed by atoms with van der Waals surface area (Å²) in [6.07, 6.45) is 3.34. The van der Waals surface area contributed by atoms with Crippen LogP contribution in [0.4, 0.5) is 0 Å². The number of ether oxygens (including phenoxy) is 1. The predicted octanol–water partition coefficient (Wildman–Crippen LogP) is 2.99. The number of rotatable bonds is 6. The molecule has 4 rings (SSSR count). The number of hydrogen-bond acceptors (Lipinski definition) is 6. The maximum atomic E-state index is 13.3. The van der Waals surface area contributed by atoms with Crippen LogP contribution >= 0.6 is 0 Å². The molecule has 1 unspecified atom stereocenters. The molecule has 0 bridgehead atoms. The van der Waals surface area contributed by atoms with E-state index in [0.717, 1.165) is 28.0 Å². The van der Waals surface area contributed by atoms with Crippen molar-refractivity contribution in [2.75, 3.05) is 7.11 Å². The smallest absolute Gasteiger partial charge is 0.316 e. The van der Waals surface area contributed by atoms with Gasteiger partial charge in [0.1, 0.15) is 5.65 Å². The molecule has 0 fully saturated rings. The van der Waals surface area contributed by atoms with Crippen LogP contribution in [0.5, 0.6) is 6.01 Å². The molecule has 4 aromatic rings. The molecule has 170 valence electrons. The number of H-pyrrole nitrogens is 1. The van der Waals surface area contributed by atoms with Crippen LogP contribution in [0.25, 0.3) is 11.0 Å². The third-order valence-electron chi connectivity index (χ3n) is 5.81. The Hall–Kier alpha value is -4.01. The molecule has 0 radical (unpaired) electrons. The molecule has 2 N–H and O–H groups in total. The molecule has 9 heteroatoms. The van der Waals surface area contributed by atoms with Gasteiger partial charge in [-0.25, -0.2) is 9.97 Å². The van der Waals surface area contributed by atoms with Crippen molar-refractivity contribution in [1.29, 1.82) is 0 Å². The average molecular weight is 447 g/mol. The molecule has 1 atom stereocenters. The number of carbonyl (C=O) groups excluding carboxylic acids is 1. The van der Waals surface area contributed by atoms with Crippen molar-refractivity contribution in [2.24, 2.45) is 0 Å². The minimum Gasteiger partial charge on any atom is -0.467 e. The molecule has 4 aromatic heterocycles. The highest BCUT2D eigenvalue weighted by Crippen LogP contribution is 2.30. The maximum absolute atomic E-state index is 13.3. The fourth-order valence-electron chi connectivity index (χ4n) is 4.19. The SMILES string of the molecule is COc1nccc(C(C)n2c(C)c(C(=O)NCc3c(C)cc(C)[nH]c3=O)c3cccnc32)n1. The number of carbonyl (C=O) groups is 1. The molecule has 0 spiro atoms. The van der Waals surface area contributed by atoms with E-state index in [1.165, 1.54) is 7.11 Å². The van der Waals surface area contributed by atoms with Gasteiger partial charge in [-0.1, -0.05) is 0 Å². The lowest BCUT2D eigenvalue weighted by molar-refractivity contribution is 0.0951. The number of aromatic amines is 1. The minimum atomic E-state index is -0.268. The van der Waals surface area contributed by atoms with Crippen LogP contribution in [0, 0.1) is 20.8 Å². The molecule has 0 aliphatic rings. The third-order valence-corrected chi connectivity index (χ3v) is 5.81. The van der Waals surface area contributed by atoms with Gasteiger partial charge < -0.3 is 19.6 Å². The van der Waals surface area contributed by atoms with Gasteiger partial charge >= 0.3 is 6.01 Å². The Balaban J connectivity index is 1.73. The maximum Gasteiger partial charge on any atom is 0.316 e. The van der Waals surface area contributed by atoms with E-state index in [0.29, 0.717) is 16.8 Å². The topological polar surface area (TPSA) is 115 Å². The van der Waals surface area contributed by atoms with Gasteiger partial charge in [-0.15, -0.1) is 0 Å². The van der Waals surface area contributed by atoms with Crippen LogP contribution in [0.1, 0.15) is 51.5 Å². The van der Waals surface area contributed by atoms with E-state index in [9.17, 15) is 9.59 Å². The van der Waals surface area contributed by atoms with Crippen molar-refractivity contribution < 1.29 is 9.53 Å². The van der Waals surface area contributed by atoms with Crippen molar-refractivity contribution in [3.05, 3.63) is 80.8 Å². The van der Waals surface area contributed by atoms with Gasteiger partial charge in [-0.05, 0) is 57.5 Å². The second-order valence-corrected chi connectivity index (χ2v) is 7.97. The van der Waals surface area contributed by atoms with Gasteiger partial charge in [-0.3, -0.25) is 9.59 Å². The van der Waals surface area contributed by atoms with Crippen molar-refractivity contribution >= 4 is 16.9 Å². The summed E-state index contributed by atoms with van der Waals surface area (Å²) in [4.78, 5) is 41.5. The summed E-state index contributed by atoms with van der Waals surface area (Å²) < 4.78 is 7.15. The van der Waals surface area contributed by atoms with Crippen LogP contribution in [0.3, 0.4) is 0 Å². The first-order valence-corrected chi connectivity index (χ1v) is 10.6. The molecule has 0 aliphatic heterocycles. The van der Waals surface area contributed by atoms with Gasteiger partial charge in [0.2, 0.25) is 0 Å². The quantitative estimate of drug-likeness (QED) is 0.471. The zero-order valence-corrected chi connectivity index (χ0v) is 19.3. The fourth-order valence-corrected chi connectivity index (χ4v) is 4.19. The standard InChI is InChI=1S/C24H26N6O3/c1-13-11-14(2)28-22(31)18(13)12-27-23(32)20-16(4)30(21-17(20)7-6-9-25-21)15(3)19-8-10-26-24(29-19)33-5/h6-11,15H,12H2,1-5H3,(H,27,32)(H,28,31). The summed E-state index contributed by atoms with van der Waals surface area (Å²) in [7, 11) is 1.52. The summed E-state index contributed by atoms with van der Waals surface area (Å²) in [5, 5.41) is 3.65. The zero-order chi connectivity index (χ0) is 23.7. The van der Waals surface area contributed by atoms with Gasteiger partial charge in [0, 0.05) is 41.3 Å². The lowest BCUT2D eigenvalue weighted by atomic mass is 10.1. The average Bonchev–Trinajstić information content (AvgIpc) is 3.09. The normalized spacial score (nSPS) is 12.0. The molecule has 0 aliphatic carbocycles. The Bertz CT molecular complexity index is 1410. The lowest BCUT2D eigenvalue weighted by Crippen LogP contribution is -2.28. The molecule has 0 saturated carbocycles.